The van der Waals surface area contributed by atoms with Gasteiger partial charge in [-0.3, -0.25) is 14.5 Å². The number of benzene rings is 2. The summed E-state index contributed by atoms with van der Waals surface area (Å²) in [6.07, 6.45) is 1.64. The third kappa shape index (κ3) is 2.59. The number of pyridine rings is 1. The Balaban J connectivity index is 1.81. The average molecular weight is 344 g/mol. The van der Waals surface area contributed by atoms with Crippen LogP contribution in [0.2, 0.25) is 0 Å². The number of aliphatic hydroxyl groups is 1. The van der Waals surface area contributed by atoms with E-state index in [1.165, 1.54) is 11.8 Å². The van der Waals surface area contributed by atoms with E-state index in [0.29, 0.717) is 22.6 Å². The molecule has 4 rings (SSSR count). The molecular weight excluding hydrogens is 328 g/mol. The molecule has 2 aromatic carbocycles. The zero-order valence-corrected chi connectivity index (χ0v) is 14.1. The van der Waals surface area contributed by atoms with E-state index in [1.807, 2.05) is 24.3 Å². The minimum atomic E-state index is -0.220. The van der Waals surface area contributed by atoms with Gasteiger partial charge in [-0.25, -0.2) is 4.98 Å². The molecule has 1 amide bonds. The Morgan fingerprint density at radius 1 is 1.15 bits per heavy atom. The fourth-order valence-electron chi connectivity index (χ4n) is 3.21. The molecule has 0 bridgehead atoms. The van der Waals surface area contributed by atoms with Crippen molar-refractivity contribution in [2.45, 2.75) is 13.5 Å². The fourth-order valence-corrected chi connectivity index (χ4v) is 3.21. The summed E-state index contributed by atoms with van der Waals surface area (Å²) in [6, 6.07) is 16.3. The lowest BCUT2D eigenvalue weighted by molar-refractivity contribution is -0.116. The predicted molar refractivity (Wildman–Crippen MR) is 99.6 cm³/mol. The second-order valence-electron chi connectivity index (χ2n) is 6.15. The van der Waals surface area contributed by atoms with Crippen LogP contribution in [0.3, 0.4) is 0 Å². The fraction of sp³-hybridized carbons (Fsp3) is 0.0952. The summed E-state index contributed by atoms with van der Waals surface area (Å²) >= 11 is 0. The Bertz CT molecular complexity index is 1090. The first kappa shape index (κ1) is 16.2. The summed E-state index contributed by atoms with van der Waals surface area (Å²) in [4.78, 5) is 30.9. The van der Waals surface area contributed by atoms with Gasteiger partial charge in [-0.1, -0.05) is 24.3 Å². The quantitative estimate of drug-likeness (QED) is 0.724. The Labute approximate surface area is 150 Å². The molecule has 5 nitrogen and oxygen atoms in total. The van der Waals surface area contributed by atoms with Gasteiger partial charge in [-0.05, 0) is 42.0 Å². The normalized spacial score (nSPS) is 14.9. The molecule has 3 aromatic rings. The van der Waals surface area contributed by atoms with Crippen LogP contribution >= 0.6 is 0 Å². The molecule has 0 radical (unpaired) electrons. The van der Waals surface area contributed by atoms with Crippen LogP contribution < -0.4 is 4.90 Å². The number of ketones is 1. The standard InChI is InChI=1S/C21H16N2O3/c1-13(25)23-19-5-3-2-4-17(19)21(26)20(23)11-16-8-7-15-10-14(12-24)6-9-18(15)22-16/h2-11,24H,12H2,1H3/b20-11+. The number of carbonyl (C=O) groups excluding carboxylic acids is 2. The molecule has 0 atom stereocenters. The summed E-state index contributed by atoms with van der Waals surface area (Å²) in [5.41, 5.74) is 3.59. The lowest BCUT2D eigenvalue weighted by Gasteiger charge is -2.15. The molecule has 0 saturated heterocycles. The summed E-state index contributed by atoms with van der Waals surface area (Å²) in [6.45, 7) is 1.41. The molecule has 0 fully saturated rings. The first-order chi connectivity index (χ1) is 12.6. The Morgan fingerprint density at radius 2 is 1.96 bits per heavy atom. The number of allylic oxidation sites excluding steroid dienone is 1. The average Bonchev–Trinajstić information content (AvgIpc) is 2.93. The van der Waals surface area contributed by atoms with Crippen molar-refractivity contribution in [2.75, 3.05) is 4.90 Å². The van der Waals surface area contributed by atoms with Crippen LogP contribution in [-0.2, 0) is 11.4 Å². The first-order valence-electron chi connectivity index (χ1n) is 8.25. The van der Waals surface area contributed by atoms with Crippen LogP contribution in [0.4, 0.5) is 5.69 Å². The van der Waals surface area contributed by atoms with E-state index in [4.69, 9.17) is 0 Å². The molecule has 0 spiro atoms. The van der Waals surface area contributed by atoms with Gasteiger partial charge in [0.15, 0.2) is 0 Å². The molecule has 0 saturated carbocycles. The monoisotopic (exact) mass is 344 g/mol. The zero-order chi connectivity index (χ0) is 18.3. The first-order valence-corrected chi connectivity index (χ1v) is 8.25. The van der Waals surface area contributed by atoms with Gasteiger partial charge in [0.05, 0.1) is 29.2 Å². The highest BCUT2D eigenvalue weighted by Gasteiger charge is 2.34. The van der Waals surface area contributed by atoms with Gasteiger partial charge >= 0.3 is 0 Å². The van der Waals surface area contributed by atoms with Crippen molar-refractivity contribution in [2.24, 2.45) is 0 Å². The number of aromatic nitrogens is 1. The molecule has 5 heteroatoms. The van der Waals surface area contributed by atoms with E-state index in [2.05, 4.69) is 4.98 Å². The minimum absolute atomic E-state index is 0.0257. The van der Waals surface area contributed by atoms with Gasteiger partial charge in [0.2, 0.25) is 11.7 Å². The summed E-state index contributed by atoms with van der Waals surface area (Å²) in [5, 5.41) is 10.1. The largest absolute Gasteiger partial charge is 0.392 e. The lowest BCUT2D eigenvalue weighted by atomic mass is 10.1. The number of hydrogen-bond donors (Lipinski definition) is 1. The van der Waals surface area contributed by atoms with Crippen LogP contribution in [0.15, 0.2) is 60.3 Å². The van der Waals surface area contributed by atoms with Crippen molar-refractivity contribution in [1.29, 1.82) is 0 Å². The maximum absolute atomic E-state index is 12.7. The molecule has 1 N–H and O–H groups in total. The number of nitrogens with zero attached hydrogens (tertiary/aromatic N) is 2. The number of Topliss-reactive ketones (excluding diaryl/α,β-unsaturated/α-hetero) is 1. The lowest BCUT2D eigenvalue weighted by Crippen LogP contribution is -2.25. The van der Waals surface area contributed by atoms with Crippen molar-refractivity contribution in [1.82, 2.24) is 4.98 Å². The summed E-state index contributed by atoms with van der Waals surface area (Å²) in [5.74, 6) is -0.406. The predicted octanol–water partition coefficient (Wildman–Crippen LogP) is 3.32. The molecule has 0 aliphatic carbocycles. The molecule has 0 unspecified atom stereocenters. The number of fused-ring (bicyclic) bond motifs is 2. The van der Waals surface area contributed by atoms with Crippen molar-refractivity contribution in [3.63, 3.8) is 0 Å². The second kappa shape index (κ2) is 6.20. The van der Waals surface area contributed by atoms with Gasteiger partial charge in [-0.2, -0.15) is 0 Å². The van der Waals surface area contributed by atoms with Crippen LogP contribution in [0.1, 0.15) is 28.5 Å². The van der Waals surface area contributed by atoms with Crippen molar-refractivity contribution in [3.05, 3.63) is 77.1 Å². The van der Waals surface area contributed by atoms with Crippen LogP contribution in [0, 0.1) is 0 Å². The molecule has 128 valence electrons. The molecule has 26 heavy (non-hydrogen) atoms. The number of para-hydroxylation sites is 1. The highest BCUT2D eigenvalue weighted by Crippen LogP contribution is 2.35. The van der Waals surface area contributed by atoms with E-state index < -0.39 is 0 Å². The zero-order valence-electron chi connectivity index (χ0n) is 14.1. The Hall–Kier alpha value is -3.31. The van der Waals surface area contributed by atoms with Crippen molar-refractivity contribution >= 4 is 34.4 Å². The highest BCUT2D eigenvalue weighted by molar-refractivity contribution is 6.26. The SMILES string of the molecule is CC(=O)N1/C(=C/c2ccc3cc(CO)ccc3n2)C(=O)c2ccccc21. The Kier molecular flexibility index (Phi) is 3.86. The van der Waals surface area contributed by atoms with E-state index in [9.17, 15) is 14.7 Å². The van der Waals surface area contributed by atoms with E-state index in [1.54, 1.807) is 36.4 Å². The van der Waals surface area contributed by atoms with Crippen LogP contribution in [-0.4, -0.2) is 21.8 Å². The smallest absolute Gasteiger partial charge is 0.228 e. The molecular formula is C21H16N2O3. The van der Waals surface area contributed by atoms with E-state index >= 15 is 0 Å². The Morgan fingerprint density at radius 3 is 2.73 bits per heavy atom. The number of amides is 1. The van der Waals surface area contributed by atoms with Gasteiger partial charge in [0.25, 0.3) is 0 Å². The van der Waals surface area contributed by atoms with Gasteiger partial charge < -0.3 is 5.11 Å². The van der Waals surface area contributed by atoms with E-state index in [0.717, 1.165) is 16.5 Å². The highest BCUT2D eigenvalue weighted by atomic mass is 16.3. The maximum atomic E-state index is 12.7. The van der Waals surface area contributed by atoms with Crippen molar-refractivity contribution in [3.8, 4) is 0 Å². The molecule has 1 aliphatic rings. The topological polar surface area (TPSA) is 70.5 Å². The van der Waals surface area contributed by atoms with Crippen molar-refractivity contribution < 1.29 is 14.7 Å². The van der Waals surface area contributed by atoms with Crippen LogP contribution in [0.5, 0.6) is 0 Å². The van der Waals surface area contributed by atoms with E-state index in [-0.39, 0.29) is 18.3 Å². The minimum Gasteiger partial charge on any atom is -0.392 e. The molecule has 1 aliphatic heterocycles. The number of anilines is 1. The number of carbonyl (C=O) groups is 2. The molecule has 2 heterocycles. The van der Waals surface area contributed by atoms with Crippen LogP contribution in [0.25, 0.3) is 17.0 Å². The maximum Gasteiger partial charge on any atom is 0.228 e. The number of rotatable bonds is 2. The van der Waals surface area contributed by atoms with Gasteiger partial charge in [0.1, 0.15) is 0 Å². The van der Waals surface area contributed by atoms with Gasteiger partial charge in [0, 0.05) is 17.9 Å². The number of hydrogen-bond acceptors (Lipinski definition) is 4. The molecule has 1 aromatic heterocycles. The number of aliphatic hydroxyl groups excluding tert-OH is 1. The second-order valence-corrected chi connectivity index (χ2v) is 6.15. The summed E-state index contributed by atoms with van der Waals surface area (Å²) < 4.78 is 0. The third-order valence-electron chi connectivity index (χ3n) is 4.42. The third-order valence-corrected chi connectivity index (χ3v) is 4.42. The summed E-state index contributed by atoms with van der Waals surface area (Å²) in [7, 11) is 0. The van der Waals surface area contributed by atoms with Gasteiger partial charge in [-0.15, -0.1) is 0 Å².